The van der Waals surface area contributed by atoms with Crippen LogP contribution in [-0.4, -0.2) is 28.0 Å². The molecule has 0 aliphatic carbocycles. The Balaban J connectivity index is 0.00000126. The van der Waals surface area contributed by atoms with Gasteiger partial charge in [-0.2, -0.15) is 5.10 Å². The van der Waals surface area contributed by atoms with Gasteiger partial charge < -0.3 is 5.32 Å². The van der Waals surface area contributed by atoms with Crippen LogP contribution in [0.15, 0.2) is 54.6 Å². The number of nitrogens with one attached hydrogen (secondary N) is 1. The topological polar surface area (TPSA) is 64.0 Å². The van der Waals surface area contributed by atoms with Crippen LogP contribution in [0.25, 0.3) is 22.7 Å². The summed E-state index contributed by atoms with van der Waals surface area (Å²) in [5.74, 6) is -0.174. The Bertz CT molecular complexity index is 953. The Hall–Kier alpha value is -3.21. The molecule has 1 heterocycles. The first-order valence-electron chi connectivity index (χ1n) is 9.15. The van der Waals surface area contributed by atoms with Gasteiger partial charge in [-0.05, 0) is 43.7 Å². The SMILES string of the molecule is CC.CCNC(=O)c1nn(-c2ccc(/C=C/C(C)=O)cc2)c2ccccc12. The molecule has 0 spiro atoms. The summed E-state index contributed by atoms with van der Waals surface area (Å²) in [5, 5.41) is 8.13. The highest BCUT2D eigenvalue weighted by atomic mass is 16.2. The largest absolute Gasteiger partial charge is 0.351 e. The zero-order valence-corrected chi connectivity index (χ0v) is 16.2. The van der Waals surface area contributed by atoms with E-state index < -0.39 is 0 Å². The molecular formula is C22H25N3O2. The molecular weight excluding hydrogens is 338 g/mol. The number of carbonyl (C=O) groups excluding carboxylic acids is 2. The molecule has 0 bridgehead atoms. The van der Waals surface area contributed by atoms with E-state index in [1.807, 2.05) is 69.3 Å². The Kier molecular flexibility index (Phi) is 7.06. The molecule has 3 rings (SSSR count). The number of allylic oxidation sites excluding steroid dienone is 1. The second-order valence-corrected chi connectivity index (χ2v) is 5.67. The lowest BCUT2D eigenvalue weighted by Crippen LogP contribution is -2.23. The van der Waals surface area contributed by atoms with Crippen molar-refractivity contribution in [3.8, 4) is 5.69 Å². The molecule has 0 saturated carbocycles. The van der Waals surface area contributed by atoms with Crippen molar-refractivity contribution in [2.45, 2.75) is 27.7 Å². The molecule has 5 nitrogen and oxygen atoms in total. The van der Waals surface area contributed by atoms with Crippen LogP contribution in [-0.2, 0) is 4.79 Å². The third kappa shape index (κ3) is 4.70. The van der Waals surface area contributed by atoms with Crippen molar-refractivity contribution in [2.75, 3.05) is 6.54 Å². The monoisotopic (exact) mass is 363 g/mol. The Morgan fingerprint density at radius 1 is 1.07 bits per heavy atom. The highest BCUT2D eigenvalue weighted by Gasteiger charge is 2.16. The van der Waals surface area contributed by atoms with Gasteiger partial charge in [0.15, 0.2) is 11.5 Å². The predicted octanol–water partition coefficient (Wildman–Crippen LogP) is 4.40. The molecule has 27 heavy (non-hydrogen) atoms. The van der Waals surface area contributed by atoms with Crippen LogP contribution in [0.1, 0.15) is 43.7 Å². The van der Waals surface area contributed by atoms with Crippen molar-refractivity contribution in [2.24, 2.45) is 0 Å². The standard InChI is InChI=1S/C20H19N3O2.C2H6/c1-3-21-20(25)19-17-6-4-5-7-18(17)23(22-19)16-12-10-15(11-13-16)9-8-14(2)24;1-2/h4-13H,3H2,1-2H3,(H,21,25);1-2H3/b9-8+;. The summed E-state index contributed by atoms with van der Waals surface area (Å²) < 4.78 is 1.76. The average molecular weight is 363 g/mol. The maximum atomic E-state index is 12.3. The van der Waals surface area contributed by atoms with Crippen LogP contribution in [0.2, 0.25) is 0 Å². The summed E-state index contributed by atoms with van der Waals surface area (Å²) in [7, 11) is 0. The molecule has 0 atom stereocenters. The molecule has 0 aliphatic heterocycles. The minimum absolute atomic E-state index is 0.00808. The van der Waals surface area contributed by atoms with E-state index >= 15 is 0 Å². The number of carbonyl (C=O) groups is 2. The van der Waals surface area contributed by atoms with Crippen LogP contribution >= 0.6 is 0 Å². The van der Waals surface area contributed by atoms with Crippen molar-refractivity contribution < 1.29 is 9.59 Å². The van der Waals surface area contributed by atoms with E-state index in [2.05, 4.69) is 10.4 Å². The molecule has 0 unspecified atom stereocenters. The number of ketones is 1. The van der Waals surface area contributed by atoms with Crippen molar-refractivity contribution in [1.29, 1.82) is 0 Å². The first-order chi connectivity index (χ1) is 13.1. The summed E-state index contributed by atoms with van der Waals surface area (Å²) in [6.07, 6.45) is 3.30. The van der Waals surface area contributed by atoms with Gasteiger partial charge >= 0.3 is 0 Å². The highest BCUT2D eigenvalue weighted by Crippen LogP contribution is 2.22. The summed E-state index contributed by atoms with van der Waals surface area (Å²) >= 11 is 0. The van der Waals surface area contributed by atoms with Crippen LogP contribution in [0, 0.1) is 0 Å². The zero-order chi connectivity index (χ0) is 19.8. The van der Waals surface area contributed by atoms with Gasteiger partial charge in [-0.1, -0.05) is 50.3 Å². The van der Waals surface area contributed by atoms with Crippen LogP contribution in [0.3, 0.4) is 0 Å². The first kappa shape index (κ1) is 20.1. The lowest BCUT2D eigenvalue weighted by molar-refractivity contribution is -0.112. The lowest BCUT2D eigenvalue weighted by atomic mass is 10.1. The maximum Gasteiger partial charge on any atom is 0.272 e. The summed E-state index contributed by atoms with van der Waals surface area (Å²) in [4.78, 5) is 23.3. The summed E-state index contributed by atoms with van der Waals surface area (Å²) in [6, 6.07) is 15.3. The van der Waals surface area contributed by atoms with Crippen molar-refractivity contribution in [1.82, 2.24) is 15.1 Å². The smallest absolute Gasteiger partial charge is 0.272 e. The Morgan fingerprint density at radius 2 is 1.74 bits per heavy atom. The normalized spacial score (nSPS) is 10.5. The van der Waals surface area contributed by atoms with Gasteiger partial charge in [0.25, 0.3) is 5.91 Å². The van der Waals surface area contributed by atoms with Gasteiger partial charge in [-0.25, -0.2) is 4.68 Å². The lowest BCUT2D eigenvalue weighted by Gasteiger charge is -2.04. The van der Waals surface area contributed by atoms with E-state index in [0.717, 1.165) is 22.2 Å². The van der Waals surface area contributed by atoms with Crippen LogP contribution < -0.4 is 5.32 Å². The molecule has 1 aromatic heterocycles. The predicted molar refractivity (Wildman–Crippen MR) is 110 cm³/mol. The zero-order valence-electron chi connectivity index (χ0n) is 16.2. The third-order valence-electron chi connectivity index (χ3n) is 3.79. The van der Waals surface area contributed by atoms with E-state index in [1.54, 1.807) is 10.8 Å². The van der Waals surface area contributed by atoms with Crippen molar-refractivity contribution in [3.05, 3.63) is 65.9 Å². The molecule has 3 aromatic rings. The molecule has 2 aromatic carbocycles. The Morgan fingerprint density at radius 3 is 2.37 bits per heavy atom. The molecule has 0 aliphatic rings. The fourth-order valence-corrected chi connectivity index (χ4v) is 2.62. The van der Waals surface area contributed by atoms with Gasteiger partial charge in [-0.15, -0.1) is 0 Å². The quantitative estimate of drug-likeness (QED) is 0.683. The van der Waals surface area contributed by atoms with Gasteiger partial charge in [0.2, 0.25) is 0 Å². The summed E-state index contributed by atoms with van der Waals surface area (Å²) in [6.45, 7) is 7.95. The number of hydrogen-bond donors (Lipinski definition) is 1. The van der Waals surface area contributed by atoms with Gasteiger partial charge in [-0.3, -0.25) is 9.59 Å². The van der Waals surface area contributed by atoms with Crippen LogP contribution in [0.4, 0.5) is 0 Å². The number of amides is 1. The fourth-order valence-electron chi connectivity index (χ4n) is 2.62. The molecule has 0 radical (unpaired) electrons. The second kappa shape index (κ2) is 9.48. The van der Waals surface area contributed by atoms with Gasteiger partial charge in [0.1, 0.15) is 0 Å². The van der Waals surface area contributed by atoms with Gasteiger partial charge in [0.05, 0.1) is 11.2 Å². The fraction of sp³-hybridized carbons (Fsp3) is 0.227. The van der Waals surface area contributed by atoms with E-state index in [4.69, 9.17) is 0 Å². The molecule has 5 heteroatoms. The number of fused-ring (bicyclic) bond motifs is 1. The Labute approximate surface area is 159 Å². The highest BCUT2D eigenvalue weighted by molar-refractivity contribution is 6.05. The van der Waals surface area contributed by atoms with Gasteiger partial charge in [0, 0.05) is 11.9 Å². The molecule has 0 saturated heterocycles. The maximum absolute atomic E-state index is 12.3. The number of nitrogens with zero attached hydrogens (tertiary/aromatic N) is 2. The number of hydrogen-bond acceptors (Lipinski definition) is 3. The number of benzene rings is 2. The minimum Gasteiger partial charge on any atom is -0.351 e. The van der Waals surface area contributed by atoms with E-state index in [9.17, 15) is 9.59 Å². The second-order valence-electron chi connectivity index (χ2n) is 5.67. The summed E-state index contributed by atoms with van der Waals surface area (Å²) in [5.41, 5.74) is 3.07. The molecule has 0 fully saturated rings. The minimum atomic E-state index is -0.182. The molecule has 1 amide bonds. The average Bonchev–Trinajstić information content (AvgIpc) is 3.08. The number of rotatable bonds is 5. The van der Waals surface area contributed by atoms with Crippen molar-refractivity contribution in [3.63, 3.8) is 0 Å². The third-order valence-corrected chi connectivity index (χ3v) is 3.79. The van der Waals surface area contributed by atoms with E-state index in [-0.39, 0.29) is 11.7 Å². The number of aromatic nitrogens is 2. The first-order valence-corrected chi connectivity index (χ1v) is 9.15. The van der Waals surface area contributed by atoms with Crippen molar-refractivity contribution >= 4 is 28.7 Å². The van der Waals surface area contributed by atoms with E-state index in [0.29, 0.717) is 12.2 Å². The number of para-hydroxylation sites is 1. The van der Waals surface area contributed by atoms with E-state index in [1.165, 1.54) is 13.0 Å². The van der Waals surface area contributed by atoms with Crippen LogP contribution in [0.5, 0.6) is 0 Å². The molecule has 1 N–H and O–H groups in total. The molecule has 140 valence electrons.